The summed E-state index contributed by atoms with van der Waals surface area (Å²) >= 11 is 12.9. The van der Waals surface area contributed by atoms with Gasteiger partial charge in [0, 0.05) is 27.9 Å². The highest BCUT2D eigenvalue weighted by molar-refractivity contribution is 6.36. The Bertz CT molecular complexity index is 1490. The third kappa shape index (κ3) is 4.72. The number of pyridine rings is 1. The second-order valence-electron chi connectivity index (χ2n) is 8.46. The zero-order valence-corrected chi connectivity index (χ0v) is 19.9. The Balaban J connectivity index is 1.76. The van der Waals surface area contributed by atoms with Crippen molar-refractivity contribution in [3.05, 3.63) is 99.2 Å². The molecule has 1 aliphatic rings. The predicted octanol–water partition coefficient (Wildman–Crippen LogP) is 7.26. The minimum atomic E-state index is -1.04. The number of hydrogen-bond donors (Lipinski definition) is 2. The van der Waals surface area contributed by atoms with Gasteiger partial charge in [-0.3, -0.25) is 10.1 Å². The second kappa shape index (κ2) is 9.64. The Morgan fingerprint density at radius 1 is 1.09 bits per heavy atom. The number of H-pyrrole nitrogens is 1. The van der Waals surface area contributed by atoms with Crippen molar-refractivity contribution in [2.45, 2.75) is 19.3 Å². The molecule has 4 aromatic rings. The van der Waals surface area contributed by atoms with Crippen molar-refractivity contribution in [2.24, 2.45) is 5.92 Å². The lowest BCUT2D eigenvalue weighted by Gasteiger charge is -2.32. The molecule has 176 valence electrons. The van der Waals surface area contributed by atoms with Gasteiger partial charge in [0.2, 0.25) is 5.95 Å². The summed E-state index contributed by atoms with van der Waals surface area (Å²) in [4.78, 5) is 15.3. The number of aromatic amines is 1. The molecule has 0 saturated heterocycles. The van der Waals surface area contributed by atoms with E-state index in [0.29, 0.717) is 26.6 Å². The Kier molecular flexibility index (Phi) is 6.41. The lowest BCUT2D eigenvalue weighted by atomic mass is 9.73. The molecule has 1 saturated carbocycles. The summed E-state index contributed by atoms with van der Waals surface area (Å²) in [6.45, 7) is 0. The number of nitrogens with one attached hydrogen (secondary N) is 1. The van der Waals surface area contributed by atoms with Crippen LogP contribution in [0.5, 0.6) is 0 Å². The van der Waals surface area contributed by atoms with Crippen LogP contribution in [0.25, 0.3) is 28.1 Å². The number of allylic oxidation sites excluding steroid dienone is 1. The Hall–Kier alpha value is -3.48. The molecule has 35 heavy (non-hydrogen) atoms. The van der Waals surface area contributed by atoms with Gasteiger partial charge in [0.05, 0.1) is 16.6 Å². The van der Waals surface area contributed by atoms with Crippen LogP contribution in [0.4, 0.5) is 4.39 Å². The van der Waals surface area contributed by atoms with E-state index in [9.17, 15) is 9.18 Å². The predicted molar refractivity (Wildman–Crippen MR) is 137 cm³/mol. The third-order valence-electron chi connectivity index (χ3n) is 6.28. The molecule has 2 heterocycles. The normalized spacial score (nSPS) is 14.8. The number of halogens is 3. The SMILES string of the molecule is O=C(O)C=Cc1ccc(C(=C(c2ccc(Cl)cc2Cl)C2CCC2)c2ccc3[nH]nc(F)c3c2)cn1. The molecule has 5 rings (SSSR count). The molecule has 0 spiro atoms. The first kappa shape index (κ1) is 23.3. The van der Waals surface area contributed by atoms with Gasteiger partial charge in [-0.05, 0) is 77.4 Å². The highest BCUT2D eigenvalue weighted by atomic mass is 35.5. The molecule has 0 bridgehead atoms. The van der Waals surface area contributed by atoms with E-state index < -0.39 is 11.9 Å². The highest BCUT2D eigenvalue weighted by Crippen LogP contribution is 2.47. The number of carboxylic acids is 1. The number of fused-ring (bicyclic) bond motifs is 1. The fraction of sp³-hybridized carbons (Fsp3) is 0.148. The molecule has 2 aromatic heterocycles. The van der Waals surface area contributed by atoms with E-state index >= 15 is 0 Å². The fourth-order valence-corrected chi connectivity index (χ4v) is 4.90. The fourth-order valence-electron chi connectivity index (χ4n) is 4.39. The standard InChI is InChI=1S/C27H20Cl2FN3O2/c28-18-6-9-20(22(29)13-18)26(15-2-1-3-15)25(16-5-10-23-21(12-16)27(30)33-32-23)17-4-7-19(31-14-17)8-11-24(34)35/h4-15H,1-3H2,(H,32,33)(H,34,35). The highest BCUT2D eigenvalue weighted by Gasteiger charge is 2.29. The zero-order valence-electron chi connectivity index (χ0n) is 18.4. The van der Waals surface area contributed by atoms with Gasteiger partial charge in [-0.25, -0.2) is 4.79 Å². The summed E-state index contributed by atoms with van der Waals surface area (Å²) < 4.78 is 14.4. The van der Waals surface area contributed by atoms with E-state index in [1.54, 1.807) is 30.5 Å². The minimum Gasteiger partial charge on any atom is -0.478 e. The maximum atomic E-state index is 14.4. The Labute approximate surface area is 210 Å². The molecule has 1 aliphatic carbocycles. The van der Waals surface area contributed by atoms with Crippen molar-refractivity contribution in [3.63, 3.8) is 0 Å². The average Bonchev–Trinajstić information content (AvgIpc) is 3.17. The van der Waals surface area contributed by atoms with Gasteiger partial charge in [-0.2, -0.15) is 4.39 Å². The number of carboxylic acid groups (broad SMARTS) is 1. The van der Waals surface area contributed by atoms with Crippen molar-refractivity contribution in [2.75, 3.05) is 0 Å². The summed E-state index contributed by atoms with van der Waals surface area (Å²) in [5.74, 6) is -1.35. The van der Waals surface area contributed by atoms with Gasteiger partial charge in [0.15, 0.2) is 0 Å². The number of hydrogen-bond acceptors (Lipinski definition) is 3. The summed E-state index contributed by atoms with van der Waals surface area (Å²) in [6, 6.07) is 14.6. The third-order valence-corrected chi connectivity index (χ3v) is 6.83. The molecule has 0 radical (unpaired) electrons. The van der Waals surface area contributed by atoms with Crippen LogP contribution in [0.15, 0.2) is 60.8 Å². The summed E-state index contributed by atoms with van der Waals surface area (Å²) in [6.07, 6.45) is 7.31. The van der Waals surface area contributed by atoms with Crippen LogP contribution in [0.2, 0.25) is 10.0 Å². The monoisotopic (exact) mass is 507 g/mol. The molecule has 8 heteroatoms. The second-order valence-corrected chi connectivity index (χ2v) is 9.30. The van der Waals surface area contributed by atoms with Crippen molar-refractivity contribution < 1.29 is 14.3 Å². The van der Waals surface area contributed by atoms with Crippen LogP contribution >= 0.6 is 23.2 Å². The molecule has 2 N–H and O–H groups in total. The van der Waals surface area contributed by atoms with Gasteiger partial charge >= 0.3 is 5.97 Å². The van der Waals surface area contributed by atoms with Crippen LogP contribution in [-0.4, -0.2) is 26.3 Å². The Morgan fingerprint density at radius 2 is 1.89 bits per heavy atom. The molecule has 0 atom stereocenters. The molecule has 5 nitrogen and oxygen atoms in total. The van der Waals surface area contributed by atoms with Crippen molar-refractivity contribution >= 4 is 57.3 Å². The summed E-state index contributed by atoms with van der Waals surface area (Å²) in [5, 5.41) is 16.8. The lowest BCUT2D eigenvalue weighted by Crippen LogP contribution is -2.15. The minimum absolute atomic E-state index is 0.264. The van der Waals surface area contributed by atoms with E-state index in [1.165, 1.54) is 6.08 Å². The van der Waals surface area contributed by atoms with Gasteiger partial charge < -0.3 is 5.11 Å². The summed E-state index contributed by atoms with van der Waals surface area (Å²) in [5.41, 5.74) is 5.56. The van der Waals surface area contributed by atoms with Crippen molar-refractivity contribution in [3.8, 4) is 0 Å². The topological polar surface area (TPSA) is 78.9 Å². The first-order valence-electron chi connectivity index (χ1n) is 11.1. The lowest BCUT2D eigenvalue weighted by molar-refractivity contribution is -0.131. The number of nitrogens with zero attached hydrogens (tertiary/aromatic N) is 2. The van der Waals surface area contributed by atoms with Crippen molar-refractivity contribution in [1.29, 1.82) is 0 Å². The van der Waals surface area contributed by atoms with E-state index in [0.717, 1.165) is 53.2 Å². The van der Waals surface area contributed by atoms with Gasteiger partial charge in [0.25, 0.3) is 0 Å². The van der Waals surface area contributed by atoms with Crippen LogP contribution < -0.4 is 0 Å². The molecule has 0 amide bonds. The first-order valence-corrected chi connectivity index (χ1v) is 11.9. The molecule has 1 fully saturated rings. The number of carbonyl (C=O) groups is 1. The average molecular weight is 508 g/mol. The number of aromatic nitrogens is 3. The molecule has 2 aromatic carbocycles. The van der Waals surface area contributed by atoms with E-state index in [-0.39, 0.29) is 5.92 Å². The molecule has 0 aliphatic heterocycles. The largest absolute Gasteiger partial charge is 0.478 e. The van der Waals surface area contributed by atoms with Crippen molar-refractivity contribution in [1.82, 2.24) is 15.2 Å². The van der Waals surface area contributed by atoms with E-state index in [1.807, 2.05) is 24.3 Å². The maximum absolute atomic E-state index is 14.4. The number of rotatable bonds is 6. The van der Waals surface area contributed by atoms with Crippen LogP contribution in [0.3, 0.4) is 0 Å². The number of aliphatic carboxylic acids is 1. The van der Waals surface area contributed by atoms with Crippen LogP contribution in [0, 0.1) is 11.9 Å². The van der Waals surface area contributed by atoms with Gasteiger partial charge in [-0.15, -0.1) is 5.10 Å². The molecular formula is C27H20Cl2FN3O2. The zero-order chi connectivity index (χ0) is 24.5. The molecule has 0 unspecified atom stereocenters. The van der Waals surface area contributed by atoms with Crippen LogP contribution in [0.1, 0.15) is 41.6 Å². The first-order chi connectivity index (χ1) is 16.9. The van der Waals surface area contributed by atoms with E-state index in [4.69, 9.17) is 28.3 Å². The summed E-state index contributed by atoms with van der Waals surface area (Å²) in [7, 11) is 0. The number of benzene rings is 2. The van der Waals surface area contributed by atoms with E-state index in [2.05, 4.69) is 15.2 Å². The van der Waals surface area contributed by atoms with Gasteiger partial charge in [-0.1, -0.05) is 47.8 Å². The quantitative estimate of drug-likeness (QED) is 0.212. The smallest absolute Gasteiger partial charge is 0.328 e. The van der Waals surface area contributed by atoms with Crippen LogP contribution in [-0.2, 0) is 4.79 Å². The maximum Gasteiger partial charge on any atom is 0.328 e. The van der Waals surface area contributed by atoms with Gasteiger partial charge in [0.1, 0.15) is 0 Å². The Morgan fingerprint density at radius 3 is 2.54 bits per heavy atom. The molecular weight excluding hydrogens is 488 g/mol.